The zero-order valence-electron chi connectivity index (χ0n) is 12.5. The van der Waals surface area contributed by atoms with Crippen molar-refractivity contribution in [1.82, 2.24) is 15.5 Å². The molecule has 0 aromatic heterocycles. The molecule has 126 valence electrons. The second-order valence-corrected chi connectivity index (χ2v) is 5.34. The highest BCUT2D eigenvalue weighted by Gasteiger charge is 2.21. The summed E-state index contributed by atoms with van der Waals surface area (Å²) < 4.78 is 10.6. The molecule has 0 bridgehead atoms. The van der Waals surface area contributed by atoms with Gasteiger partial charge >= 0.3 is 0 Å². The van der Waals surface area contributed by atoms with Crippen LogP contribution in [-0.2, 0) is 14.3 Å². The van der Waals surface area contributed by atoms with Gasteiger partial charge in [0.05, 0.1) is 26.4 Å². The summed E-state index contributed by atoms with van der Waals surface area (Å²) in [5.74, 6) is 0.500. The van der Waals surface area contributed by atoms with Gasteiger partial charge in [-0.1, -0.05) is 6.92 Å². The zero-order valence-corrected chi connectivity index (χ0v) is 14.1. The van der Waals surface area contributed by atoms with Crippen LogP contribution in [-0.4, -0.2) is 76.0 Å². The highest BCUT2D eigenvalue weighted by atomic mass is 35.5. The van der Waals surface area contributed by atoms with E-state index in [0.29, 0.717) is 25.7 Å². The van der Waals surface area contributed by atoms with Crippen molar-refractivity contribution in [3.05, 3.63) is 0 Å². The average Bonchev–Trinajstić information content (AvgIpc) is 2.47. The Morgan fingerprint density at radius 1 is 1.29 bits per heavy atom. The molecule has 2 aliphatic rings. The first-order chi connectivity index (χ1) is 9.25. The molecular weight excluding hydrogens is 317 g/mol. The van der Waals surface area contributed by atoms with Gasteiger partial charge < -0.3 is 20.1 Å². The van der Waals surface area contributed by atoms with Gasteiger partial charge in [-0.3, -0.25) is 9.69 Å². The van der Waals surface area contributed by atoms with Crippen molar-refractivity contribution >= 4 is 30.7 Å². The number of carbonyl (C=O) groups excluding carboxylic acids is 1. The van der Waals surface area contributed by atoms with E-state index in [9.17, 15) is 4.79 Å². The number of nitrogens with one attached hydrogen (secondary N) is 2. The summed E-state index contributed by atoms with van der Waals surface area (Å²) in [5, 5.41) is 6.16. The minimum absolute atomic E-state index is 0. The summed E-state index contributed by atoms with van der Waals surface area (Å²) in [4.78, 5) is 14.3. The number of ether oxygens (including phenoxy) is 2. The molecule has 2 fully saturated rings. The van der Waals surface area contributed by atoms with E-state index in [4.69, 9.17) is 9.47 Å². The second kappa shape index (κ2) is 11.5. The maximum atomic E-state index is 11.9. The Morgan fingerprint density at radius 3 is 2.62 bits per heavy atom. The normalized spacial score (nSPS) is 24.3. The third-order valence-corrected chi connectivity index (χ3v) is 3.54. The molecule has 21 heavy (non-hydrogen) atoms. The van der Waals surface area contributed by atoms with Gasteiger partial charge in [-0.15, -0.1) is 24.8 Å². The lowest BCUT2D eigenvalue weighted by molar-refractivity contribution is -0.126. The van der Waals surface area contributed by atoms with Crippen molar-refractivity contribution in [1.29, 1.82) is 0 Å². The Balaban J connectivity index is 0.00000200. The van der Waals surface area contributed by atoms with E-state index < -0.39 is 0 Å². The quantitative estimate of drug-likeness (QED) is 0.730. The second-order valence-electron chi connectivity index (χ2n) is 5.34. The molecule has 0 aromatic carbocycles. The Labute approximate surface area is 139 Å². The predicted molar refractivity (Wildman–Crippen MR) is 86.5 cm³/mol. The van der Waals surface area contributed by atoms with E-state index in [1.165, 1.54) is 0 Å². The molecule has 0 radical (unpaired) electrons. The minimum atomic E-state index is -0.190. The van der Waals surface area contributed by atoms with Crippen molar-refractivity contribution in [2.75, 3.05) is 59.2 Å². The molecule has 6 nitrogen and oxygen atoms in total. The van der Waals surface area contributed by atoms with Crippen molar-refractivity contribution < 1.29 is 14.3 Å². The van der Waals surface area contributed by atoms with Crippen LogP contribution in [0.25, 0.3) is 0 Å². The summed E-state index contributed by atoms with van der Waals surface area (Å²) >= 11 is 0. The van der Waals surface area contributed by atoms with Crippen molar-refractivity contribution in [3.63, 3.8) is 0 Å². The molecule has 2 aliphatic heterocycles. The van der Waals surface area contributed by atoms with Gasteiger partial charge in [-0.2, -0.15) is 0 Å². The summed E-state index contributed by atoms with van der Waals surface area (Å²) in [6.07, 6.45) is 0. The Bertz CT molecular complexity index is 286. The molecule has 0 spiro atoms. The number of amides is 1. The van der Waals surface area contributed by atoms with Crippen LogP contribution in [0.15, 0.2) is 0 Å². The summed E-state index contributed by atoms with van der Waals surface area (Å²) in [7, 11) is 0. The van der Waals surface area contributed by atoms with E-state index in [0.717, 1.165) is 39.4 Å². The van der Waals surface area contributed by atoms with Gasteiger partial charge in [0.15, 0.2) is 0 Å². The van der Waals surface area contributed by atoms with Gasteiger partial charge in [0.1, 0.15) is 6.04 Å². The first-order valence-corrected chi connectivity index (χ1v) is 7.14. The fourth-order valence-corrected chi connectivity index (χ4v) is 2.42. The number of morpholine rings is 2. The maximum Gasteiger partial charge on any atom is 0.239 e. The molecule has 0 aromatic rings. The molecule has 2 unspecified atom stereocenters. The molecule has 0 aliphatic carbocycles. The Hall–Kier alpha value is -0.110. The standard InChI is InChI=1S/C13H25N3O3.2ClH/c1-11(9-16-3-6-18-7-4-16)8-15-13(17)12-10-19-5-2-14-12;;/h11-12,14H,2-10H2,1H3,(H,15,17);2*1H. The topological polar surface area (TPSA) is 62.8 Å². The third-order valence-electron chi connectivity index (χ3n) is 3.54. The number of nitrogens with zero attached hydrogens (tertiary/aromatic N) is 1. The molecule has 0 saturated carbocycles. The third kappa shape index (κ3) is 7.63. The summed E-state index contributed by atoms with van der Waals surface area (Å²) in [6.45, 7) is 9.45. The lowest BCUT2D eigenvalue weighted by Crippen LogP contribution is -2.52. The van der Waals surface area contributed by atoms with Crippen molar-refractivity contribution in [3.8, 4) is 0 Å². The van der Waals surface area contributed by atoms with E-state index in [-0.39, 0.29) is 36.8 Å². The predicted octanol–water partition coefficient (Wildman–Crippen LogP) is -0.0971. The highest BCUT2D eigenvalue weighted by Crippen LogP contribution is 2.03. The number of hydrogen-bond donors (Lipinski definition) is 2. The lowest BCUT2D eigenvalue weighted by atomic mass is 10.1. The number of halogens is 2. The SMILES string of the molecule is CC(CNC(=O)C1COCCN1)CN1CCOCC1.Cl.Cl. The minimum Gasteiger partial charge on any atom is -0.379 e. The van der Waals surface area contributed by atoms with Gasteiger partial charge in [-0.25, -0.2) is 0 Å². The highest BCUT2D eigenvalue weighted by molar-refractivity contribution is 5.85. The van der Waals surface area contributed by atoms with Crippen molar-refractivity contribution in [2.45, 2.75) is 13.0 Å². The van der Waals surface area contributed by atoms with Crippen LogP contribution in [0.5, 0.6) is 0 Å². The van der Waals surface area contributed by atoms with Crippen LogP contribution >= 0.6 is 24.8 Å². The Morgan fingerprint density at radius 2 is 2.00 bits per heavy atom. The van der Waals surface area contributed by atoms with E-state index in [2.05, 4.69) is 22.5 Å². The van der Waals surface area contributed by atoms with Crippen LogP contribution in [0.1, 0.15) is 6.92 Å². The number of rotatable bonds is 5. The molecular formula is C13H27Cl2N3O3. The van der Waals surface area contributed by atoms with E-state index in [1.54, 1.807) is 0 Å². The average molecular weight is 344 g/mol. The van der Waals surface area contributed by atoms with Crippen LogP contribution in [0.4, 0.5) is 0 Å². The molecule has 2 heterocycles. The fraction of sp³-hybridized carbons (Fsp3) is 0.923. The first-order valence-electron chi connectivity index (χ1n) is 7.14. The monoisotopic (exact) mass is 343 g/mol. The van der Waals surface area contributed by atoms with Crippen LogP contribution in [0.3, 0.4) is 0 Å². The van der Waals surface area contributed by atoms with Crippen molar-refractivity contribution in [2.24, 2.45) is 5.92 Å². The summed E-state index contributed by atoms with van der Waals surface area (Å²) in [6, 6.07) is -0.190. The largest absolute Gasteiger partial charge is 0.379 e. The molecule has 2 N–H and O–H groups in total. The van der Waals surface area contributed by atoms with Gasteiger partial charge in [0, 0.05) is 32.7 Å². The molecule has 2 atom stereocenters. The zero-order chi connectivity index (χ0) is 13.5. The molecule has 8 heteroatoms. The molecule has 2 rings (SSSR count). The first kappa shape index (κ1) is 20.9. The maximum absolute atomic E-state index is 11.9. The van der Waals surface area contributed by atoms with E-state index in [1.807, 2.05) is 0 Å². The molecule has 1 amide bonds. The van der Waals surface area contributed by atoms with Crippen LogP contribution in [0, 0.1) is 5.92 Å². The van der Waals surface area contributed by atoms with Gasteiger partial charge in [0.25, 0.3) is 0 Å². The number of hydrogen-bond acceptors (Lipinski definition) is 5. The lowest BCUT2D eigenvalue weighted by Gasteiger charge is -2.29. The fourth-order valence-electron chi connectivity index (χ4n) is 2.42. The van der Waals surface area contributed by atoms with Gasteiger partial charge in [-0.05, 0) is 5.92 Å². The Kier molecular flexibility index (Phi) is 11.4. The van der Waals surface area contributed by atoms with Crippen LogP contribution in [0.2, 0.25) is 0 Å². The summed E-state index contributed by atoms with van der Waals surface area (Å²) in [5.41, 5.74) is 0. The van der Waals surface area contributed by atoms with E-state index >= 15 is 0 Å². The number of carbonyl (C=O) groups is 1. The van der Waals surface area contributed by atoms with Crippen LogP contribution < -0.4 is 10.6 Å². The molecule has 2 saturated heterocycles. The smallest absolute Gasteiger partial charge is 0.239 e. The van der Waals surface area contributed by atoms with Gasteiger partial charge in [0.2, 0.25) is 5.91 Å².